The zero-order valence-corrected chi connectivity index (χ0v) is 32.9. The SMILES string of the molecule is CCc1cc2c(Cl)nc(-c3ccc(C(=O)OC)cc3)nc2s1.CCc1cc2c(NCc3ccc(Cl)c(Cl)c3)nc(-c3ccc(C(=O)OC)cc3)nc2s1. The van der Waals surface area contributed by atoms with Crippen LogP contribution < -0.4 is 5.32 Å². The molecule has 0 spiro atoms. The molecular formula is C39H32Cl3N5O4S2. The molecule has 53 heavy (non-hydrogen) atoms. The van der Waals surface area contributed by atoms with Crippen LogP contribution in [0.5, 0.6) is 0 Å². The third kappa shape index (κ3) is 8.77. The summed E-state index contributed by atoms with van der Waals surface area (Å²) in [6, 6.07) is 23.7. The number of aryl methyl sites for hydroxylation is 2. The number of aromatic nitrogens is 4. The van der Waals surface area contributed by atoms with Crippen molar-refractivity contribution >= 4 is 95.7 Å². The molecule has 0 bridgehead atoms. The van der Waals surface area contributed by atoms with Gasteiger partial charge in [-0.25, -0.2) is 29.5 Å². The molecule has 4 heterocycles. The van der Waals surface area contributed by atoms with Gasteiger partial charge < -0.3 is 14.8 Å². The monoisotopic (exact) mass is 803 g/mol. The van der Waals surface area contributed by atoms with E-state index in [-0.39, 0.29) is 11.9 Å². The van der Waals surface area contributed by atoms with Gasteiger partial charge in [0.2, 0.25) is 0 Å². The van der Waals surface area contributed by atoms with Crippen LogP contribution >= 0.6 is 57.5 Å². The van der Waals surface area contributed by atoms with Crippen LogP contribution in [-0.2, 0) is 28.9 Å². The minimum Gasteiger partial charge on any atom is -0.465 e. The Morgan fingerprint density at radius 1 is 0.642 bits per heavy atom. The second kappa shape index (κ2) is 17.0. The fourth-order valence-electron chi connectivity index (χ4n) is 5.23. The molecule has 270 valence electrons. The molecule has 1 N–H and O–H groups in total. The van der Waals surface area contributed by atoms with Crippen LogP contribution in [-0.4, -0.2) is 46.1 Å². The fourth-order valence-corrected chi connectivity index (χ4v) is 7.77. The molecule has 14 heteroatoms. The summed E-state index contributed by atoms with van der Waals surface area (Å²) in [5.74, 6) is 1.15. The zero-order chi connectivity index (χ0) is 37.6. The first-order valence-corrected chi connectivity index (χ1v) is 19.2. The van der Waals surface area contributed by atoms with Crippen LogP contribution in [0.15, 0.2) is 78.9 Å². The molecule has 0 amide bonds. The summed E-state index contributed by atoms with van der Waals surface area (Å²) in [5.41, 5.74) is 3.59. The lowest BCUT2D eigenvalue weighted by Gasteiger charge is -2.10. The number of halogens is 3. The van der Waals surface area contributed by atoms with Crippen molar-refractivity contribution in [1.82, 2.24) is 19.9 Å². The molecule has 0 unspecified atom stereocenters. The van der Waals surface area contributed by atoms with E-state index in [1.165, 1.54) is 24.0 Å². The average Bonchev–Trinajstić information content (AvgIpc) is 3.82. The van der Waals surface area contributed by atoms with E-state index in [9.17, 15) is 9.59 Å². The van der Waals surface area contributed by atoms with Gasteiger partial charge in [0, 0.05) is 32.8 Å². The number of hydrogen-bond acceptors (Lipinski definition) is 11. The summed E-state index contributed by atoms with van der Waals surface area (Å²) < 4.78 is 9.45. The number of hydrogen-bond donors (Lipinski definition) is 1. The van der Waals surface area contributed by atoms with Crippen molar-refractivity contribution in [2.75, 3.05) is 19.5 Å². The lowest BCUT2D eigenvalue weighted by atomic mass is 10.1. The summed E-state index contributed by atoms with van der Waals surface area (Å²) in [5, 5.41) is 6.78. The van der Waals surface area contributed by atoms with E-state index in [2.05, 4.69) is 39.9 Å². The van der Waals surface area contributed by atoms with Crippen molar-refractivity contribution in [3.8, 4) is 22.8 Å². The molecule has 0 saturated heterocycles. The van der Waals surface area contributed by atoms with Crippen molar-refractivity contribution in [2.24, 2.45) is 0 Å². The van der Waals surface area contributed by atoms with Gasteiger partial charge in [-0.2, -0.15) is 0 Å². The van der Waals surface area contributed by atoms with Crippen LogP contribution in [0.25, 0.3) is 43.2 Å². The van der Waals surface area contributed by atoms with E-state index < -0.39 is 0 Å². The number of rotatable bonds is 9. The fraction of sp³-hybridized carbons (Fsp3) is 0.179. The van der Waals surface area contributed by atoms with E-state index in [0.29, 0.717) is 44.5 Å². The molecule has 4 aromatic heterocycles. The smallest absolute Gasteiger partial charge is 0.337 e. The number of benzene rings is 3. The van der Waals surface area contributed by atoms with Crippen molar-refractivity contribution < 1.29 is 19.1 Å². The van der Waals surface area contributed by atoms with Crippen LogP contribution in [0, 0.1) is 0 Å². The van der Waals surface area contributed by atoms with E-state index in [4.69, 9.17) is 49.5 Å². The van der Waals surface area contributed by atoms with E-state index >= 15 is 0 Å². The summed E-state index contributed by atoms with van der Waals surface area (Å²) in [7, 11) is 2.72. The Balaban J connectivity index is 0.000000192. The second-order valence-electron chi connectivity index (χ2n) is 11.5. The van der Waals surface area contributed by atoms with Gasteiger partial charge in [0.25, 0.3) is 0 Å². The van der Waals surface area contributed by atoms with E-state index in [1.807, 2.05) is 30.3 Å². The predicted molar refractivity (Wildman–Crippen MR) is 216 cm³/mol. The molecule has 0 aliphatic heterocycles. The second-order valence-corrected chi connectivity index (χ2v) is 14.9. The Bertz CT molecular complexity index is 2430. The number of ether oxygens (including phenoxy) is 2. The maximum atomic E-state index is 11.7. The van der Waals surface area contributed by atoms with Crippen LogP contribution in [0.4, 0.5) is 5.82 Å². The first-order valence-electron chi connectivity index (χ1n) is 16.4. The van der Waals surface area contributed by atoms with Gasteiger partial charge in [-0.15, -0.1) is 22.7 Å². The Kier molecular flexibility index (Phi) is 12.2. The molecule has 0 aliphatic rings. The molecule has 9 nitrogen and oxygen atoms in total. The zero-order valence-electron chi connectivity index (χ0n) is 29.0. The quantitative estimate of drug-likeness (QED) is 0.112. The van der Waals surface area contributed by atoms with Gasteiger partial charge in [0.15, 0.2) is 11.6 Å². The summed E-state index contributed by atoms with van der Waals surface area (Å²) in [6.07, 6.45) is 1.87. The number of carbonyl (C=O) groups excluding carboxylic acids is 2. The van der Waals surface area contributed by atoms with Crippen molar-refractivity contribution in [3.63, 3.8) is 0 Å². The normalized spacial score (nSPS) is 10.9. The number of nitrogens with one attached hydrogen (secondary N) is 1. The van der Waals surface area contributed by atoms with Gasteiger partial charge >= 0.3 is 11.9 Å². The Labute approximate surface area is 328 Å². The highest BCUT2D eigenvalue weighted by Crippen LogP contribution is 2.33. The Hall–Kier alpha value is -4.65. The minimum atomic E-state index is -0.377. The first kappa shape index (κ1) is 38.1. The number of anilines is 1. The highest BCUT2D eigenvalue weighted by atomic mass is 35.5. The van der Waals surface area contributed by atoms with Crippen LogP contribution in [0.1, 0.15) is 49.9 Å². The van der Waals surface area contributed by atoms with Gasteiger partial charge in [0.05, 0.1) is 40.8 Å². The molecule has 7 rings (SSSR count). The van der Waals surface area contributed by atoms with Gasteiger partial charge in [-0.05, 0) is 66.9 Å². The molecule has 0 saturated carbocycles. The molecule has 0 atom stereocenters. The standard InChI is InChI=1S/C23H19Cl2N3O2S.C16H13ClN2O2S/c1-3-16-11-17-21(26-12-13-4-9-18(24)19(25)10-13)27-20(28-22(17)31-16)14-5-7-15(8-6-14)23(29)30-2;1-3-11-8-12-13(17)18-14(19-15(12)22-11)9-4-6-10(7-5-9)16(20)21-2/h4-11H,3,12H2,1-2H3,(H,26,27,28);4-8H,3H2,1-2H3. The number of nitrogens with zero attached hydrogens (tertiary/aromatic N) is 4. The van der Waals surface area contributed by atoms with Crippen LogP contribution in [0.3, 0.4) is 0 Å². The summed E-state index contributed by atoms with van der Waals surface area (Å²) in [6.45, 7) is 4.76. The third-order valence-corrected chi connectivity index (χ3v) is 11.5. The maximum Gasteiger partial charge on any atom is 0.337 e. The molecule has 0 aliphatic carbocycles. The average molecular weight is 805 g/mol. The molecule has 7 aromatic rings. The molecule has 3 aromatic carbocycles. The van der Waals surface area contributed by atoms with Crippen LogP contribution in [0.2, 0.25) is 15.2 Å². The Morgan fingerprint density at radius 2 is 1.15 bits per heavy atom. The number of carbonyl (C=O) groups is 2. The van der Waals surface area contributed by atoms with E-state index in [0.717, 1.165) is 55.8 Å². The number of thiophene rings is 2. The lowest BCUT2D eigenvalue weighted by Crippen LogP contribution is -2.04. The van der Waals surface area contributed by atoms with E-state index in [1.54, 1.807) is 65.1 Å². The highest BCUT2D eigenvalue weighted by molar-refractivity contribution is 7.19. The maximum absolute atomic E-state index is 11.7. The Morgan fingerprint density at radius 3 is 1.66 bits per heavy atom. The van der Waals surface area contributed by atoms with Gasteiger partial charge in [0.1, 0.15) is 20.6 Å². The largest absolute Gasteiger partial charge is 0.465 e. The number of methoxy groups -OCH3 is 2. The lowest BCUT2D eigenvalue weighted by molar-refractivity contribution is 0.0592. The third-order valence-electron chi connectivity index (χ3n) is 8.11. The van der Waals surface area contributed by atoms with Gasteiger partial charge in [-0.3, -0.25) is 0 Å². The molecule has 0 radical (unpaired) electrons. The topological polar surface area (TPSA) is 116 Å². The molecular weight excluding hydrogens is 773 g/mol. The minimum absolute atomic E-state index is 0.369. The predicted octanol–water partition coefficient (Wildman–Crippen LogP) is 11.0. The summed E-state index contributed by atoms with van der Waals surface area (Å²) in [4.78, 5) is 45.9. The number of esters is 2. The van der Waals surface area contributed by atoms with Crippen molar-refractivity contribution in [3.05, 3.63) is 121 Å². The highest BCUT2D eigenvalue weighted by Gasteiger charge is 2.15. The van der Waals surface area contributed by atoms with Gasteiger partial charge in [-0.1, -0.05) is 79.0 Å². The number of fused-ring (bicyclic) bond motifs is 2. The van der Waals surface area contributed by atoms with Crippen molar-refractivity contribution in [2.45, 2.75) is 33.2 Å². The summed E-state index contributed by atoms with van der Waals surface area (Å²) >= 11 is 21.7. The molecule has 0 fully saturated rings. The van der Waals surface area contributed by atoms with Crippen molar-refractivity contribution in [1.29, 1.82) is 0 Å². The first-order chi connectivity index (χ1) is 25.6.